The topological polar surface area (TPSA) is 229 Å². The number of quaternary nitrogens is 1. The number of piperidine rings is 1. The molecule has 16 nitrogen and oxygen atoms in total. The molecule has 1 saturated heterocycles. The summed E-state index contributed by atoms with van der Waals surface area (Å²) in [6, 6.07) is 0. The molecule has 16 heteroatoms. The van der Waals surface area contributed by atoms with Gasteiger partial charge in [-0.1, -0.05) is 59.8 Å². The van der Waals surface area contributed by atoms with Crippen molar-refractivity contribution in [2.45, 2.75) is 118 Å². The number of nitrogens with zero attached hydrogens (tertiary/aromatic N) is 3. The van der Waals surface area contributed by atoms with Gasteiger partial charge in [0.1, 0.15) is 28.6 Å². The van der Waals surface area contributed by atoms with E-state index in [1.54, 1.807) is 46.8 Å². The number of likely N-dealkylation sites (tertiary alicyclic amines) is 1. The smallest absolute Gasteiger partial charge is 0.312 e. The number of allylic oxidation sites excluding steroid dienone is 2. The predicted molar refractivity (Wildman–Crippen MR) is 229 cm³/mol. The summed E-state index contributed by atoms with van der Waals surface area (Å²) in [6.07, 6.45) is 4.26. The molecule has 0 unspecified atom stereocenters. The van der Waals surface area contributed by atoms with Gasteiger partial charge in [-0.3, -0.25) is 24.4 Å². The number of nitrogens with one attached hydrogen (secondary N) is 1. The van der Waals surface area contributed by atoms with E-state index in [4.69, 9.17) is 28.9 Å². The van der Waals surface area contributed by atoms with E-state index in [9.17, 15) is 40.0 Å². The van der Waals surface area contributed by atoms with Gasteiger partial charge in [0.2, 0.25) is 0 Å². The number of benzene rings is 2. The van der Waals surface area contributed by atoms with Crippen LogP contribution in [0.15, 0.2) is 46.1 Å². The Hall–Kier alpha value is -4.87. The number of aromatic hydroxyl groups is 2. The predicted octanol–water partition coefficient (Wildman–Crippen LogP) is 4.76. The van der Waals surface area contributed by atoms with E-state index in [1.807, 2.05) is 13.8 Å². The van der Waals surface area contributed by atoms with Gasteiger partial charge in [-0.15, -0.1) is 0 Å². The van der Waals surface area contributed by atoms with Crippen LogP contribution < -0.4 is 20.8 Å². The third-order valence-electron chi connectivity index (χ3n) is 13.1. The average Bonchev–Trinajstić information content (AvgIpc) is 3.72. The molecule has 62 heavy (non-hydrogen) atoms. The number of carbonyl (C=O) groups excluding carboxylic acids is 3. The average molecular weight is 863 g/mol. The highest BCUT2D eigenvalue weighted by atomic mass is 16.7. The van der Waals surface area contributed by atoms with Crippen molar-refractivity contribution < 1.29 is 58.4 Å². The van der Waals surface area contributed by atoms with Crippen molar-refractivity contribution in [2.75, 3.05) is 32.1 Å². The number of hydrogen-bond donors (Lipinski definition) is 5. The number of aliphatic hydroxyl groups excluding tert-OH is 2. The number of phenolic OH excluding ortho intramolecular Hbond substituents is 2. The van der Waals surface area contributed by atoms with Crippen molar-refractivity contribution in [1.29, 1.82) is 0 Å². The van der Waals surface area contributed by atoms with Crippen LogP contribution in [0.25, 0.3) is 10.8 Å². The summed E-state index contributed by atoms with van der Waals surface area (Å²) in [4.78, 5) is 51.1. The Morgan fingerprint density at radius 2 is 1.63 bits per heavy atom. The van der Waals surface area contributed by atoms with Gasteiger partial charge in [-0.25, -0.2) is 0 Å². The number of ether oxygens (including phenoxy) is 4. The van der Waals surface area contributed by atoms with Crippen LogP contribution in [-0.2, 0) is 23.8 Å². The molecule has 2 aromatic rings. The van der Waals surface area contributed by atoms with Gasteiger partial charge < -0.3 is 54.5 Å². The SMILES string of the molecule is CO[C@H]1C=CO[C@@]2(C)Oc3c(C)c(O)c4c(O)c(c5c(c4c3C2=O)=NC2(CC[N+]([O-])(CC(C)C)CC2)N=5)NC(=O)C(C)=CC=C[C@H](C)[C@H](O)[C@@H](C)[C@@H](O)[C@@H](C)[C@H](OC(C)=O)[C@@H]1C. The number of Topliss-reactive ketones (excluding diaryl/α,β-unsaturated/α-hetero) is 1. The van der Waals surface area contributed by atoms with Gasteiger partial charge in [0.15, 0.2) is 11.4 Å². The van der Waals surface area contributed by atoms with Crippen molar-refractivity contribution in [3.63, 3.8) is 0 Å². The van der Waals surface area contributed by atoms with E-state index in [2.05, 4.69) is 5.32 Å². The number of aliphatic hydroxyl groups is 2. The number of esters is 1. The first-order valence-corrected chi connectivity index (χ1v) is 21.4. The molecule has 9 atom stereocenters. The molecule has 4 heterocycles. The quantitative estimate of drug-likeness (QED) is 0.121. The number of phenols is 2. The van der Waals surface area contributed by atoms with Crippen LogP contribution >= 0.6 is 0 Å². The maximum atomic E-state index is 14.7. The van der Waals surface area contributed by atoms with Crippen LogP contribution in [-0.4, -0.2) is 105 Å². The Labute approximate surface area is 361 Å². The number of amides is 1. The molecular weight excluding hydrogens is 801 g/mol. The van der Waals surface area contributed by atoms with Crippen molar-refractivity contribution in [1.82, 2.24) is 0 Å². The largest absolute Gasteiger partial charge is 0.633 e. The number of hydroxylamine groups is 3. The Morgan fingerprint density at radius 1 is 0.984 bits per heavy atom. The second kappa shape index (κ2) is 17.4. The molecule has 1 amide bonds. The minimum atomic E-state index is -2.00. The molecular formula is C46H62N4O12. The van der Waals surface area contributed by atoms with Crippen LogP contribution in [0.4, 0.5) is 5.69 Å². The van der Waals surface area contributed by atoms with Crippen molar-refractivity contribution >= 4 is 34.1 Å². The zero-order valence-corrected chi connectivity index (χ0v) is 37.5. The number of carbonyl (C=O) groups is 3. The Balaban J connectivity index is 1.55. The maximum absolute atomic E-state index is 14.7. The van der Waals surface area contributed by atoms with E-state index >= 15 is 0 Å². The second-order valence-electron chi connectivity index (χ2n) is 18.3. The molecule has 0 aromatic heterocycles. The number of ketones is 1. The highest BCUT2D eigenvalue weighted by molar-refractivity contribution is 6.19. The number of rotatable bonds is 4. The maximum Gasteiger partial charge on any atom is 0.312 e. The normalized spacial score (nSPS) is 34.1. The van der Waals surface area contributed by atoms with Crippen molar-refractivity contribution in [3.05, 3.63) is 63.2 Å². The Bertz CT molecular complexity index is 2350. The molecule has 1 spiro atoms. The fraction of sp³-hybridized carbons (Fsp3) is 0.587. The lowest BCUT2D eigenvalue weighted by Crippen LogP contribution is -2.54. The molecule has 0 radical (unpaired) electrons. The summed E-state index contributed by atoms with van der Waals surface area (Å²) in [5.41, 5.74) is -0.980. The van der Waals surface area contributed by atoms with Gasteiger partial charge in [-0.2, -0.15) is 0 Å². The van der Waals surface area contributed by atoms with Gasteiger partial charge >= 0.3 is 11.8 Å². The number of anilines is 1. The molecule has 0 aliphatic carbocycles. The molecule has 338 valence electrons. The van der Waals surface area contributed by atoms with Gasteiger partial charge in [0.05, 0.1) is 60.5 Å². The molecule has 4 aliphatic heterocycles. The monoisotopic (exact) mass is 862 g/mol. The van der Waals surface area contributed by atoms with Crippen LogP contribution in [0.3, 0.4) is 0 Å². The first-order valence-electron chi connectivity index (χ1n) is 21.4. The van der Waals surface area contributed by atoms with E-state index in [-0.39, 0.29) is 81.5 Å². The lowest BCUT2D eigenvalue weighted by atomic mass is 9.78. The molecule has 1 fully saturated rings. The van der Waals surface area contributed by atoms with Crippen molar-refractivity contribution in [2.24, 2.45) is 39.6 Å². The zero-order chi connectivity index (χ0) is 45.8. The zero-order valence-electron chi connectivity index (χ0n) is 37.5. The third kappa shape index (κ3) is 8.47. The minimum absolute atomic E-state index is 0.00253. The molecule has 0 saturated carbocycles. The lowest BCUT2D eigenvalue weighted by Gasteiger charge is -2.49. The van der Waals surface area contributed by atoms with E-state index in [0.29, 0.717) is 6.54 Å². The highest BCUT2D eigenvalue weighted by Crippen LogP contribution is 2.50. The van der Waals surface area contributed by atoms with Crippen molar-refractivity contribution in [3.8, 4) is 17.2 Å². The summed E-state index contributed by atoms with van der Waals surface area (Å²) in [5.74, 6) is -7.12. The number of methoxy groups -OCH3 is 1. The van der Waals surface area contributed by atoms with Crippen LogP contribution in [0.5, 0.6) is 17.2 Å². The molecule has 4 bridgehead atoms. The van der Waals surface area contributed by atoms with Gasteiger partial charge in [-0.05, 0) is 19.9 Å². The summed E-state index contributed by atoms with van der Waals surface area (Å²) in [7, 11) is 1.45. The van der Waals surface area contributed by atoms with Crippen LogP contribution in [0.1, 0.15) is 91.1 Å². The molecule has 6 rings (SSSR count). The third-order valence-corrected chi connectivity index (χ3v) is 13.1. The fourth-order valence-electron chi connectivity index (χ4n) is 9.44. The van der Waals surface area contributed by atoms with Gasteiger partial charge in [0, 0.05) is 79.9 Å². The summed E-state index contributed by atoms with van der Waals surface area (Å²) < 4.78 is 23.5. The Morgan fingerprint density at radius 3 is 2.24 bits per heavy atom. The Kier molecular flexibility index (Phi) is 13.1. The molecule has 5 N–H and O–H groups in total. The summed E-state index contributed by atoms with van der Waals surface area (Å²) >= 11 is 0. The van der Waals surface area contributed by atoms with E-state index in [1.165, 1.54) is 46.3 Å². The van der Waals surface area contributed by atoms with Crippen LogP contribution in [0, 0.1) is 41.7 Å². The summed E-state index contributed by atoms with van der Waals surface area (Å²) in [6.45, 7) is 17.6. The number of hydrogen-bond acceptors (Lipinski definition) is 14. The van der Waals surface area contributed by atoms with E-state index < -0.39 is 93.3 Å². The first-order chi connectivity index (χ1) is 29.0. The second-order valence-corrected chi connectivity index (χ2v) is 18.3. The molecule has 4 aliphatic rings. The minimum Gasteiger partial charge on any atom is -0.633 e. The highest BCUT2D eigenvalue weighted by Gasteiger charge is 2.50. The summed E-state index contributed by atoms with van der Waals surface area (Å²) in [5, 5.41) is 63.5. The molecule has 2 aromatic carbocycles. The van der Waals surface area contributed by atoms with Gasteiger partial charge in [0.25, 0.3) is 11.7 Å². The fourth-order valence-corrected chi connectivity index (χ4v) is 9.44. The van der Waals surface area contributed by atoms with Crippen LogP contribution in [0.2, 0.25) is 0 Å². The van der Waals surface area contributed by atoms with E-state index in [0.717, 1.165) is 0 Å². The first kappa shape index (κ1) is 46.6. The number of fused-ring (bicyclic) bond motifs is 1. The standard InChI is InChI=1S/C46H62N4O12/c1-22(2)21-50(58)18-16-46(17-19-50)48-34-31-32-39(54)28(8)42-33(31)43(56)45(10,62-42)60-20-15-30(59-11)25(5)41(61-29(9)51)27(7)38(53)26(6)37(52)23(3)13-12-14-24(4)44(57)47-36(40(32)55)35(34)49-46/h12-15,20,22-23,25-27,30,37-38,41,52-55H,16-19,21H2,1-11H3,(H,47,57)/t23-,25+,26+,27+,30-,37-,38+,41+,45-,46?,50?/m0/s1. The lowest BCUT2D eigenvalue weighted by molar-refractivity contribution is -0.889.